The van der Waals surface area contributed by atoms with Crippen LogP contribution in [0, 0.1) is 11.3 Å². The Bertz CT molecular complexity index is 818. The Morgan fingerprint density at radius 3 is 2.18 bits per heavy atom. The number of rotatable bonds is 11. The van der Waals surface area contributed by atoms with Crippen LogP contribution >= 0.6 is 11.8 Å². The molecule has 1 aromatic carbocycles. The van der Waals surface area contributed by atoms with E-state index in [2.05, 4.69) is 5.32 Å². The second-order valence-corrected chi connectivity index (χ2v) is 11.1. The molecule has 0 unspecified atom stereocenters. The Morgan fingerprint density at radius 2 is 1.67 bits per heavy atom. The number of thioether (sulfide) groups is 1. The highest BCUT2D eigenvalue weighted by molar-refractivity contribution is 7.99. The Balaban J connectivity index is 2.17. The third kappa shape index (κ3) is 8.89. The van der Waals surface area contributed by atoms with Gasteiger partial charge in [-0.2, -0.15) is 0 Å². The number of aromatic hydroxyl groups is 1. The number of nitrogens with zero attached hydrogens (tertiary/aromatic N) is 2. The topological polar surface area (TPSA) is 110 Å². The van der Waals surface area contributed by atoms with Crippen molar-refractivity contribution in [3.05, 3.63) is 24.3 Å². The molecule has 1 aliphatic carbocycles. The minimum Gasteiger partial charge on any atom is -0.508 e. The highest BCUT2D eigenvalue weighted by Crippen LogP contribution is 2.31. The van der Waals surface area contributed by atoms with Crippen LogP contribution in [0.25, 0.3) is 0 Å². The maximum Gasteiger partial charge on any atom is 0.246 e. The van der Waals surface area contributed by atoms with E-state index in [9.17, 15) is 24.7 Å². The molecule has 1 atom stereocenters. The molecule has 9 heteroatoms. The molecular weight excluding hydrogens is 442 g/mol. The van der Waals surface area contributed by atoms with E-state index in [4.69, 9.17) is 0 Å². The summed E-state index contributed by atoms with van der Waals surface area (Å²) >= 11 is 1.38. The van der Waals surface area contributed by atoms with Gasteiger partial charge in [0.2, 0.25) is 17.7 Å². The normalized spacial score (nSPS) is 14.6. The Hall–Kier alpha value is -2.26. The molecule has 1 saturated carbocycles. The van der Waals surface area contributed by atoms with Gasteiger partial charge in [-0.25, -0.2) is 5.06 Å². The average molecular weight is 480 g/mol. The first kappa shape index (κ1) is 27.0. The quantitative estimate of drug-likeness (QED) is 0.194. The Morgan fingerprint density at radius 1 is 1.09 bits per heavy atom. The number of hydroxylamine groups is 2. The summed E-state index contributed by atoms with van der Waals surface area (Å²) in [5.74, 6) is -0.565. The van der Waals surface area contributed by atoms with Gasteiger partial charge in [-0.1, -0.05) is 34.6 Å². The third-order valence-corrected chi connectivity index (χ3v) is 6.22. The summed E-state index contributed by atoms with van der Waals surface area (Å²) in [6.07, 6.45) is 1.64. The van der Waals surface area contributed by atoms with Gasteiger partial charge in [0.05, 0.1) is 12.4 Å². The number of hydrogen-bond donors (Lipinski definition) is 3. The first-order valence-corrected chi connectivity index (χ1v) is 12.4. The molecular formula is C24H37N3O5S. The lowest BCUT2D eigenvalue weighted by Crippen LogP contribution is -2.56. The van der Waals surface area contributed by atoms with Crippen molar-refractivity contribution >= 4 is 29.5 Å². The van der Waals surface area contributed by atoms with Crippen molar-refractivity contribution in [2.24, 2.45) is 11.3 Å². The van der Waals surface area contributed by atoms with E-state index in [0.29, 0.717) is 5.06 Å². The summed E-state index contributed by atoms with van der Waals surface area (Å²) in [6.45, 7) is 9.71. The van der Waals surface area contributed by atoms with Crippen molar-refractivity contribution < 1.29 is 24.7 Å². The monoisotopic (exact) mass is 479 g/mol. The first-order valence-electron chi connectivity index (χ1n) is 11.4. The molecule has 2 rings (SSSR count). The molecule has 0 aliphatic heterocycles. The minimum absolute atomic E-state index is 0.101. The number of benzene rings is 1. The van der Waals surface area contributed by atoms with Gasteiger partial charge in [0.15, 0.2) is 0 Å². The smallest absolute Gasteiger partial charge is 0.246 e. The van der Waals surface area contributed by atoms with Crippen LogP contribution in [0.15, 0.2) is 29.2 Å². The second kappa shape index (κ2) is 11.7. The van der Waals surface area contributed by atoms with Crippen molar-refractivity contribution in [3.63, 3.8) is 0 Å². The zero-order valence-corrected chi connectivity index (χ0v) is 21.0. The molecule has 184 valence electrons. The van der Waals surface area contributed by atoms with Gasteiger partial charge in [-0.05, 0) is 48.4 Å². The van der Waals surface area contributed by atoms with Gasteiger partial charge in [-0.15, -0.1) is 11.8 Å². The number of amides is 3. The minimum atomic E-state index is -0.716. The predicted octanol–water partition coefficient (Wildman–Crippen LogP) is 3.62. The molecule has 0 bridgehead atoms. The van der Waals surface area contributed by atoms with Crippen LogP contribution < -0.4 is 5.32 Å². The summed E-state index contributed by atoms with van der Waals surface area (Å²) in [7, 11) is 0. The standard InChI is InChI=1S/C24H37N3O5S/c1-16(2)14-27(32)21(30)13-12-20(29)26(15-33-19-10-8-18(28)9-11-19)22(24(3,4)5)23(31)25-17-6-7-17/h8-11,16-17,22,28,32H,6-7,12-15H2,1-5H3,(H,25,31)/t22-/m1/s1. The van der Waals surface area contributed by atoms with E-state index in [0.717, 1.165) is 17.7 Å². The summed E-state index contributed by atoms with van der Waals surface area (Å²) < 4.78 is 0. The molecule has 0 saturated heterocycles. The van der Waals surface area contributed by atoms with Gasteiger partial charge >= 0.3 is 0 Å². The lowest BCUT2D eigenvalue weighted by atomic mass is 9.85. The highest BCUT2D eigenvalue weighted by Gasteiger charge is 2.40. The summed E-state index contributed by atoms with van der Waals surface area (Å²) in [5, 5.41) is 23.1. The average Bonchev–Trinajstić information content (AvgIpc) is 3.52. The van der Waals surface area contributed by atoms with E-state index in [-0.39, 0.29) is 54.8 Å². The van der Waals surface area contributed by atoms with E-state index >= 15 is 0 Å². The molecule has 1 fully saturated rings. The molecule has 0 spiro atoms. The van der Waals surface area contributed by atoms with Crippen LogP contribution in [0.4, 0.5) is 0 Å². The fourth-order valence-corrected chi connectivity index (χ4v) is 4.33. The number of carbonyl (C=O) groups is 3. The largest absolute Gasteiger partial charge is 0.508 e. The molecule has 1 aliphatic rings. The number of hydrogen-bond acceptors (Lipinski definition) is 6. The van der Waals surface area contributed by atoms with Crippen LogP contribution in [-0.2, 0) is 14.4 Å². The second-order valence-electron chi connectivity index (χ2n) is 10.1. The Labute approximate surface area is 200 Å². The third-order valence-electron chi connectivity index (χ3n) is 5.21. The first-order chi connectivity index (χ1) is 15.4. The van der Waals surface area contributed by atoms with Crippen molar-refractivity contribution in [3.8, 4) is 5.75 Å². The van der Waals surface area contributed by atoms with Crippen molar-refractivity contribution in [1.29, 1.82) is 0 Å². The van der Waals surface area contributed by atoms with Crippen LogP contribution in [0.2, 0.25) is 0 Å². The van der Waals surface area contributed by atoms with E-state index in [1.165, 1.54) is 16.7 Å². The molecule has 3 amide bonds. The van der Waals surface area contributed by atoms with Crippen LogP contribution in [0.5, 0.6) is 5.75 Å². The Kier molecular flexibility index (Phi) is 9.60. The number of carbonyl (C=O) groups excluding carboxylic acids is 3. The lowest BCUT2D eigenvalue weighted by Gasteiger charge is -2.39. The molecule has 8 nitrogen and oxygen atoms in total. The molecule has 3 N–H and O–H groups in total. The molecule has 0 heterocycles. The fraction of sp³-hybridized carbons (Fsp3) is 0.625. The number of phenols is 1. The summed E-state index contributed by atoms with van der Waals surface area (Å²) in [5.41, 5.74) is -0.533. The molecule has 0 aromatic heterocycles. The van der Waals surface area contributed by atoms with Gasteiger partial charge in [0.1, 0.15) is 11.8 Å². The van der Waals surface area contributed by atoms with E-state index in [1.807, 2.05) is 34.6 Å². The van der Waals surface area contributed by atoms with Gasteiger partial charge in [0.25, 0.3) is 0 Å². The fourth-order valence-electron chi connectivity index (χ4n) is 3.42. The van der Waals surface area contributed by atoms with E-state index < -0.39 is 17.4 Å². The highest BCUT2D eigenvalue weighted by atomic mass is 32.2. The van der Waals surface area contributed by atoms with Gasteiger partial charge in [-0.3, -0.25) is 19.6 Å². The number of phenolic OH excluding ortho intramolecular Hbond substituents is 1. The summed E-state index contributed by atoms with van der Waals surface area (Å²) in [4.78, 5) is 41.1. The van der Waals surface area contributed by atoms with Crippen LogP contribution in [-0.4, -0.2) is 62.5 Å². The summed E-state index contributed by atoms with van der Waals surface area (Å²) in [6, 6.07) is 6.07. The van der Waals surface area contributed by atoms with Gasteiger partial charge < -0.3 is 15.3 Å². The van der Waals surface area contributed by atoms with Crippen molar-refractivity contribution in [2.75, 3.05) is 12.4 Å². The van der Waals surface area contributed by atoms with Crippen molar-refractivity contribution in [2.45, 2.75) is 77.3 Å². The maximum absolute atomic E-state index is 13.3. The van der Waals surface area contributed by atoms with Crippen LogP contribution in [0.1, 0.15) is 60.3 Å². The molecule has 33 heavy (non-hydrogen) atoms. The maximum atomic E-state index is 13.3. The zero-order valence-electron chi connectivity index (χ0n) is 20.2. The molecule has 1 aromatic rings. The van der Waals surface area contributed by atoms with E-state index in [1.54, 1.807) is 24.3 Å². The van der Waals surface area contributed by atoms with Gasteiger partial charge in [0, 0.05) is 23.8 Å². The SMILES string of the molecule is CC(C)CN(O)C(=O)CCC(=O)N(CSc1ccc(O)cc1)[C@H](C(=O)NC1CC1)C(C)(C)C. The zero-order chi connectivity index (χ0) is 24.8. The number of nitrogens with one attached hydrogen (secondary N) is 1. The predicted molar refractivity (Wildman–Crippen MR) is 128 cm³/mol. The van der Waals surface area contributed by atoms with Crippen LogP contribution in [0.3, 0.4) is 0 Å². The lowest BCUT2D eigenvalue weighted by molar-refractivity contribution is -0.168. The van der Waals surface area contributed by atoms with Crippen molar-refractivity contribution in [1.82, 2.24) is 15.3 Å². The molecule has 0 radical (unpaired) electrons.